The molecule has 0 saturated carbocycles. The molecular formula is C15H21ClN2O3. The van der Waals surface area contributed by atoms with Crippen molar-refractivity contribution in [2.24, 2.45) is 0 Å². The fourth-order valence-corrected chi connectivity index (χ4v) is 3.31. The normalized spacial score (nSPS) is 23.7. The second-order valence-electron chi connectivity index (χ2n) is 5.38. The van der Waals surface area contributed by atoms with Crippen molar-refractivity contribution in [3.8, 4) is 5.75 Å². The minimum absolute atomic E-state index is 0. The van der Waals surface area contributed by atoms with Gasteiger partial charge in [-0.1, -0.05) is 18.2 Å². The third-order valence-corrected chi connectivity index (χ3v) is 4.35. The van der Waals surface area contributed by atoms with Gasteiger partial charge < -0.3 is 20.1 Å². The SMILES string of the molecule is COc1ccccc1C1CNC(=O)OC12CCNCC2.Cl. The molecule has 1 atom stereocenters. The van der Waals surface area contributed by atoms with Crippen LogP contribution in [0.25, 0.3) is 0 Å². The minimum Gasteiger partial charge on any atom is -0.496 e. The van der Waals surface area contributed by atoms with Gasteiger partial charge in [0.05, 0.1) is 7.11 Å². The number of halogens is 1. The number of piperidine rings is 1. The predicted molar refractivity (Wildman–Crippen MR) is 82.3 cm³/mol. The highest BCUT2D eigenvalue weighted by Gasteiger charge is 2.47. The van der Waals surface area contributed by atoms with E-state index in [-0.39, 0.29) is 24.4 Å². The van der Waals surface area contributed by atoms with E-state index in [1.54, 1.807) is 7.11 Å². The van der Waals surface area contributed by atoms with Crippen LogP contribution in [0, 0.1) is 0 Å². The van der Waals surface area contributed by atoms with E-state index in [4.69, 9.17) is 9.47 Å². The highest BCUT2D eigenvalue weighted by atomic mass is 35.5. The number of hydrogen-bond donors (Lipinski definition) is 2. The van der Waals surface area contributed by atoms with Crippen LogP contribution in [0.2, 0.25) is 0 Å². The van der Waals surface area contributed by atoms with Crippen molar-refractivity contribution in [3.63, 3.8) is 0 Å². The van der Waals surface area contributed by atoms with Gasteiger partial charge in [0, 0.05) is 30.9 Å². The maximum absolute atomic E-state index is 11.7. The van der Waals surface area contributed by atoms with Gasteiger partial charge >= 0.3 is 6.09 Å². The number of amides is 1. The van der Waals surface area contributed by atoms with Crippen LogP contribution < -0.4 is 15.4 Å². The number of carbonyl (C=O) groups is 1. The molecule has 2 saturated heterocycles. The first-order valence-corrected chi connectivity index (χ1v) is 7.06. The van der Waals surface area contributed by atoms with E-state index in [0.717, 1.165) is 37.2 Å². The average molecular weight is 313 g/mol. The van der Waals surface area contributed by atoms with Crippen LogP contribution >= 0.6 is 12.4 Å². The third-order valence-electron chi connectivity index (χ3n) is 4.35. The van der Waals surface area contributed by atoms with Crippen molar-refractivity contribution >= 4 is 18.5 Å². The van der Waals surface area contributed by atoms with E-state index in [0.29, 0.717) is 6.54 Å². The minimum atomic E-state index is -0.414. The zero-order valence-electron chi connectivity index (χ0n) is 12.1. The van der Waals surface area contributed by atoms with Crippen LogP contribution in [0.3, 0.4) is 0 Å². The lowest BCUT2D eigenvalue weighted by Crippen LogP contribution is -2.57. The van der Waals surface area contributed by atoms with Crippen molar-refractivity contribution in [1.29, 1.82) is 0 Å². The Kier molecular flexibility index (Phi) is 4.96. The maximum Gasteiger partial charge on any atom is 0.407 e. The Hall–Kier alpha value is -1.46. The molecule has 1 amide bonds. The zero-order valence-corrected chi connectivity index (χ0v) is 12.9. The molecule has 2 fully saturated rings. The van der Waals surface area contributed by atoms with E-state index in [2.05, 4.69) is 16.7 Å². The molecular weight excluding hydrogens is 292 g/mol. The summed E-state index contributed by atoms with van der Waals surface area (Å²) in [6.07, 6.45) is 1.37. The highest BCUT2D eigenvalue weighted by Crippen LogP contribution is 2.43. The van der Waals surface area contributed by atoms with Crippen LogP contribution in [0.4, 0.5) is 4.79 Å². The summed E-state index contributed by atoms with van der Waals surface area (Å²) in [5.74, 6) is 0.980. The van der Waals surface area contributed by atoms with Crippen LogP contribution in [0.5, 0.6) is 5.75 Å². The lowest BCUT2D eigenvalue weighted by molar-refractivity contribution is -0.0499. The fourth-order valence-electron chi connectivity index (χ4n) is 3.31. The van der Waals surface area contributed by atoms with Crippen molar-refractivity contribution < 1.29 is 14.3 Å². The van der Waals surface area contributed by atoms with Gasteiger partial charge in [-0.25, -0.2) is 4.79 Å². The van der Waals surface area contributed by atoms with Gasteiger partial charge in [-0.3, -0.25) is 0 Å². The number of ether oxygens (including phenoxy) is 2. The molecule has 2 aliphatic heterocycles. The van der Waals surface area contributed by atoms with Gasteiger partial charge in [-0.05, 0) is 19.2 Å². The maximum atomic E-state index is 11.7. The number of para-hydroxylation sites is 1. The summed E-state index contributed by atoms with van der Waals surface area (Å²) in [6.45, 7) is 2.34. The Morgan fingerprint density at radius 3 is 2.71 bits per heavy atom. The molecule has 0 aromatic heterocycles. The Balaban J connectivity index is 0.00000161. The number of rotatable bonds is 2. The number of nitrogens with one attached hydrogen (secondary N) is 2. The average Bonchev–Trinajstić information content (AvgIpc) is 2.48. The molecule has 0 aliphatic carbocycles. The van der Waals surface area contributed by atoms with Gasteiger partial charge in [0.15, 0.2) is 0 Å². The van der Waals surface area contributed by atoms with Crippen LogP contribution in [-0.4, -0.2) is 38.4 Å². The van der Waals surface area contributed by atoms with Crippen molar-refractivity contribution in [2.45, 2.75) is 24.4 Å². The van der Waals surface area contributed by atoms with Crippen LogP contribution in [0.1, 0.15) is 24.3 Å². The molecule has 0 bridgehead atoms. The molecule has 1 aromatic carbocycles. The number of carbonyl (C=O) groups excluding carboxylic acids is 1. The molecule has 2 aliphatic rings. The Morgan fingerprint density at radius 1 is 1.29 bits per heavy atom. The first kappa shape index (κ1) is 15.9. The lowest BCUT2D eigenvalue weighted by Gasteiger charge is -2.46. The summed E-state index contributed by atoms with van der Waals surface area (Å²) in [5, 5.41) is 6.15. The summed E-state index contributed by atoms with van der Waals surface area (Å²) in [4.78, 5) is 11.7. The fraction of sp³-hybridized carbons (Fsp3) is 0.533. The van der Waals surface area contributed by atoms with Gasteiger partial charge in [0.2, 0.25) is 0 Å². The summed E-state index contributed by atoms with van der Waals surface area (Å²) >= 11 is 0. The summed E-state index contributed by atoms with van der Waals surface area (Å²) in [6, 6.07) is 7.98. The first-order valence-electron chi connectivity index (χ1n) is 7.06. The zero-order chi connectivity index (χ0) is 14.0. The molecule has 0 radical (unpaired) electrons. The van der Waals surface area contributed by atoms with Gasteiger partial charge in [0.25, 0.3) is 0 Å². The molecule has 2 N–H and O–H groups in total. The number of alkyl carbamates (subject to hydrolysis) is 1. The molecule has 1 aromatic rings. The second kappa shape index (κ2) is 6.54. The second-order valence-corrected chi connectivity index (χ2v) is 5.38. The Labute approximate surface area is 130 Å². The largest absolute Gasteiger partial charge is 0.496 e. The molecule has 2 heterocycles. The number of hydrogen-bond acceptors (Lipinski definition) is 4. The molecule has 116 valence electrons. The van der Waals surface area contributed by atoms with Gasteiger partial charge in [-0.15, -0.1) is 12.4 Å². The molecule has 1 unspecified atom stereocenters. The van der Waals surface area contributed by atoms with E-state index in [1.165, 1.54) is 0 Å². The summed E-state index contributed by atoms with van der Waals surface area (Å²) in [5.41, 5.74) is 0.694. The predicted octanol–water partition coefficient (Wildman–Crippen LogP) is 2.06. The quantitative estimate of drug-likeness (QED) is 0.877. The highest BCUT2D eigenvalue weighted by molar-refractivity contribution is 5.85. The number of benzene rings is 1. The first-order chi connectivity index (χ1) is 9.75. The molecule has 21 heavy (non-hydrogen) atoms. The lowest BCUT2D eigenvalue weighted by atomic mass is 9.75. The third kappa shape index (κ3) is 2.94. The standard InChI is InChI=1S/C15H20N2O3.ClH/c1-19-13-5-3-2-4-11(13)12-10-17-14(18)20-15(12)6-8-16-9-7-15;/h2-5,12,16H,6-10H2,1H3,(H,17,18);1H. The van der Waals surface area contributed by atoms with E-state index in [9.17, 15) is 4.79 Å². The van der Waals surface area contributed by atoms with Crippen LogP contribution in [-0.2, 0) is 4.74 Å². The van der Waals surface area contributed by atoms with Crippen molar-refractivity contribution in [2.75, 3.05) is 26.7 Å². The van der Waals surface area contributed by atoms with E-state index in [1.807, 2.05) is 18.2 Å². The monoisotopic (exact) mass is 312 g/mol. The molecule has 5 nitrogen and oxygen atoms in total. The van der Waals surface area contributed by atoms with Gasteiger partial charge in [-0.2, -0.15) is 0 Å². The molecule has 1 spiro atoms. The molecule has 3 rings (SSSR count). The number of methoxy groups -OCH3 is 1. The van der Waals surface area contributed by atoms with E-state index < -0.39 is 5.60 Å². The Bertz CT molecular complexity index is 503. The molecule has 6 heteroatoms. The van der Waals surface area contributed by atoms with Crippen molar-refractivity contribution in [3.05, 3.63) is 29.8 Å². The van der Waals surface area contributed by atoms with E-state index >= 15 is 0 Å². The summed E-state index contributed by atoms with van der Waals surface area (Å²) < 4.78 is 11.2. The van der Waals surface area contributed by atoms with Crippen molar-refractivity contribution in [1.82, 2.24) is 10.6 Å². The van der Waals surface area contributed by atoms with Crippen LogP contribution in [0.15, 0.2) is 24.3 Å². The Morgan fingerprint density at radius 2 is 2.00 bits per heavy atom. The smallest absolute Gasteiger partial charge is 0.407 e. The summed E-state index contributed by atoms with van der Waals surface area (Å²) in [7, 11) is 1.68. The van der Waals surface area contributed by atoms with Gasteiger partial charge in [0.1, 0.15) is 11.4 Å². The topological polar surface area (TPSA) is 59.6 Å².